The lowest BCUT2D eigenvalue weighted by atomic mass is 10.0. The Morgan fingerprint density at radius 2 is 1.76 bits per heavy atom. The van der Waals surface area contributed by atoms with Crippen molar-refractivity contribution in [3.63, 3.8) is 0 Å². The first-order chi connectivity index (χ1) is 10.4. The molecule has 21 heavy (non-hydrogen) atoms. The van der Waals surface area contributed by atoms with E-state index in [4.69, 9.17) is 4.98 Å². The highest BCUT2D eigenvalue weighted by molar-refractivity contribution is 7.18. The Kier molecular flexibility index (Phi) is 3.45. The van der Waals surface area contributed by atoms with Gasteiger partial charge in [0.25, 0.3) is 0 Å². The highest BCUT2D eigenvalue weighted by Crippen LogP contribution is 2.25. The molecule has 0 saturated heterocycles. The van der Waals surface area contributed by atoms with Gasteiger partial charge in [-0.15, -0.1) is 11.3 Å². The molecule has 0 bridgehead atoms. The fraction of sp³-hybridized carbons (Fsp3) is 0.278. The average molecular weight is 294 g/mol. The van der Waals surface area contributed by atoms with Crippen molar-refractivity contribution in [2.75, 3.05) is 0 Å². The SMILES string of the molecule is c1ccc(Cc2nc3ccccc3s2)c(CNC2CC2)c1. The zero-order valence-electron chi connectivity index (χ0n) is 11.9. The van der Waals surface area contributed by atoms with Gasteiger partial charge in [0.05, 0.1) is 15.2 Å². The number of rotatable bonds is 5. The van der Waals surface area contributed by atoms with Gasteiger partial charge < -0.3 is 5.32 Å². The minimum Gasteiger partial charge on any atom is -0.310 e. The second kappa shape index (κ2) is 5.58. The summed E-state index contributed by atoms with van der Waals surface area (Å²) >= 11 is 1.81. The molecular weight excluding hydrogens is 276 g/mol. The van der Waals surface area contributed by atoms with E-state index in [0.717, 1.165) is 24.5 Å². The molecule has 4 rings (SSSR count). The molecule has 1 aliphatic rings. The van der Waals surface area contributed by atoms with Crippen molar-refractivity contribution in [3.8, 4) is 0 Å². The van der Waals surface area contributed by atoms with Crippen LogP contribution in [0.15, 0.2) is 48.5 Å². The molecule has 1 aromatic heterocycles. The first kappa shape index (κ1) is 13.0. The summed E-state index contributed by atoms with van der Waals surface area (Å²) < 4.78 is 1.28. The van der Waals surface area contributed by atoms with Gasteiger partial charge in [-0.3, -0.25) is 0 Å². The number of thiazole rings is 1. The third-order valence-electron chi connectivity index (χ3n) is 3.96. The highest BCUT2D eigenvalue weighted by Gasteiger charge is 2.20. The van der Waals surface area contributed by atoms with E-state index in [1.54, 1.807) is 11.3 Å². The fourth-order valence-electron chi connectivity index (χ4n) is 2.60. The molecule has 0 unspecified atom stereocenters. The van der Waals surface area contributed by atoms with Gasteiger partial charge in [0.15, 0.2) is 0 Å². The summed E-state index contributed by atoms with van der Waals surface area (Å²) in [6, 6.07) is 17.9. The van der Waals surface area contributed by atoms with Gasteiger partial charge in [0.2, 0.25) is 0 Å². The Balaban J connectivity index is 1.57. The van der Waals surface area contributed by atoms with Crippen LogP contribution in [-0.2, 0) is 13.0 Å². The number of para-hydroxylation sites is 1. The molecule has 1 saturated carbocycles. The third-order valence-corrected chi connectivity index (χ3v) is 4.99. The lowest BCUT2D eigenvalue weighted by Gasteiger charge is -2.09. The first-order valence-electron chi connectivity index (χ1n) is 7.53. The van der Waals surface area contributed by atoms with E-state index < -0.39 is 0 Å². The molecule has 0 spiro atoms. The molecule has 1 N–H and O–H groups in total. The summed E-state index contributed by atoms with van der Waals surface area (Å²) in [5.41, 5.74) is 3.92. The van der Waals surface area contributed by atoms with E-state index >= 15 is 0 Å². The molecule has 3 heteroatoms. The molecule has 1 aliphatic carbocycles. The maximum Gasteiger partial charge on any atom is 0.0982 e. The van der Waals surface area contributed by atoms with Gasteiger partial charge in [0, 0.05) is 19.0 Å². The van der Waals surface area contributed by atoms with Crippen LogP contribution in [0.25, 0.3) is 10.2 Å². The van der Waals surface area contributed by atoms with E-state index in [1.165, 1.54) is 33.7 Å². The summed E-state index contributed by atoms with van der Waals surface area (Å²) in [5.74, 6) is 0. The second-order valence-electron chi connectivity index (χ2n) is 5.68. The Morgan fingerprint density at radius 1 is 1.00 bits per heavy atom. The van der Waals surface area contributed by atoms with E-state index in [2.05, 4.69) is 53.8 Å². The van der Waals surface area contributed by atoms with Crippen molar-refractivity contribution in [1.29, 1.82) is 0 Å². The van der Waals surface area contributed by atoms with Crippen LogP contribution >= 0.6 is 11.3 Å². The molecule has 3 aromatic rings. The molecule has 1 heterocycles. The van der Waals surface area contributed by atoms with Crippen LogP contribution in [0.3, 0.4) is 0 Å². The Bertz CT molecular complexity index is 726. The van der Waals surface area contributed by atoms with Crippen LogP contribution < -0.4 is 5.32 Å². The number of hydrogen-bond acceptors (Lipinski definition) is 3. The largest absolute Gasteiger partial charge is 0.310 e. The Labute approximate surface area is 128 Å². The molecule has 106 valence electrons. The van der Waals surface area contributed by atoms with Gasteiger partial charge in [-0.2, -0.15) is 0 Å². The van der Waals surface area contributed by atoms with Gasteiger partial charge in [-0.05, 0) is 36.1 Å². The van der Waals surface area contributed by atoms with Crippen molar-refractivity contribution in [1.82, 2.24) is 10.3 Å². The summed E-state index contributed by atoms with van der Waals surface area (Å²) in [5, 5.41) is 4.81. The average Bonchev–Trinajstić information content (AvgIpc) is 3.25. The highest BCUT2D eigenvalue weighted by atomic mass is 32.1. The number of nitrogens with zero attached hydrogens (tertiary/aromatic N) is 1. The summed E-state index contributed by atoms with van der Waals surface area (Å²) in [6.07, 6.45) is 3.60. The maximum atomic E-state index is 4.75. The minimum absolute atomic E-state index is 0.750. The van der Waals surface area contributed by atoms with Gasteiger partial charge in [-0.25, -0.2) is 4.98 Å². The Hall–Kier alpha value is -1.71. The molecule has 0 amide bonds. The summed E-state index contributed by atoms with van der Waals surface area (Å²) in [6.45, 7) is 0.978. The van der Waals surface area contributed by atoms with Crippen LogP contribution in [0, 0.1) is 0 Å². The standard InChI is InChI=1S/C18H18N2S/c1-2-6-14(12-19-15-9-10-15)13(5-1)11-18-20-16-7-3-4-8-17(16)21-18/h1-8,15,19H,9-12H2. The number of aromatic nitrogens is 1. The third kappa shape index (κ3) is 2.99. The summed E-state index contributed by atoms with van der Waals surface area (Å²) in [4.78, 5) is 4.75. The molecule has 1 fully saturated rings. The Morgan fingerprint density at radius 3 is 2.57 bits per heavy atom. The zero-order chi connectivity index (χ0) is 14.1. The lowest BCUT2D eigenvalue weighted by Crippen LogP contribution is -2.16. The summed E-state index contributed by atoms with van der Waals surface area (Å²) in [7, 11) is 0. The molecule has 2 nitrogen and oxygen atoms in total. The van der Waals surface area contributed by atoms with E-state index in [-0.39, 0.29) is 0 Å². The van der Waals surface area contributed by atoms with E-state index in [9.17, 15) is 0 Å². The van der Waals surface area contributed by atoms with Crippen molar-refractivity contribution in [2.45, 2.75) is 31.8 Å². The second-order valence-corrected chi connectivity index (χ2v) is 6.79. The molecule has 2 aromatic carbocycles. The normalized spacial score (nSPS) is 14.7. The lowest BCUT2D eigenvalue weighted by molar-refractivity contribution is 0.683. The van der Waals surface area contributed by atoms with Crippen LogP contribution in [0.1, 0.15) is 29.0 Å². The fourth-order valence-corrected chi connectivity index (χ4v) is 3.59. The van der Waals surface area contributed by atoms with Crippen molar-refractivity contribution >= 4 is 21.6 Å². The number of benzene rings is 2. The molecule has 0 atom stereocenters. The van der Waals surface area contributed by atoms with Gasteiger partial charge in [-0.1, -0.05) is 36.4 Å². The topological polar surface area (TPSA) is 24.9 Å². The molecular formula is C18H18N2S. The van der Waals surface area contributed by atoms with Gasteiger partial charge in [0.1, 0.15) is 0 Å². The quantitative estimate of drug-likeness (QED) is 0.765. The minimum atomic E-state index is 0.750. The van der Waals surface area contributed by atoms with Crippen molar-refractivity contribution in [2.24, 2.45) is 0 Å². The van der Waals surface area contributed by atoms with Crippen LogP contribution in [0.2, 0.25) is 0 Å². The van der Waals surface area contributed by atoms with Gasteiger partial charge >= 0.3 is 0 Å². The van der Waals surface area contributed by atoms with E-state index in [0.29, 0.717) is 0 Å². The van der Waals surface area contributed by atoms with Crippen LogP contribution in [0.4, 0.5) is 0 Å². The first-order valence-corrected chi connectivity index (χ1v) is 8.35. The predicted molar refractivity (Wildman–Crippen MR) is 88.7 cm³/mol. The number of fused-ring (bicyclic) bond motifs is 1. The maximum absolute atomic E-state index is 4.75. The number of hydrogen-bond donors (Lipinski definition) is 1. The number of nitrogens with one attached hydrogen (secondary N) is 1. The van der Waals surface area contributed by atoms with Crippen LogP contribution in [-0.4, -0.2) is 11.0 Å². The monoisotopic (exact) mass is 294 g/mol. The smallest absolute Gasteiger partial charge is 0.0982 e. The zero-order valence-corrected chi connectivity index (χ0v) is 12.7. The van der Waals surface area contributed by atoms with Crippen molar-refractivity contribution < 1.29 is 0 Å². The molecule has 0 aliphatic heterocycles. The van der Waals surface area contributed by atoms with E-state index in [1.807, 2.05) is 0 Å². The molecule has 0 radical (unpaired) electrons. The van der Waals surface area contributed by atoms with Crippen molar-refractivity contribution in [3.05, 3.63) is 64.7 Å². The van der Waals surface area contributed by atoms with Crippen LogP contribution in [0.5, 0.6) is 0 Å². The predicted octanol–water partition coefficient (Wildman–Crippen LogP) is 4.14.